The number of nitrogens with two attached hydrogens (primary N) is 1. The predicted molar refractivity (Wildman–Crippen MR) is 71.7 cm³/mol. The van der Waals surface area contributed by atoms with Crippen molar-refractivity contribution in [2.24, 2.45) is 5.84 Å². The van der Waals surface area contributed by atoms with E-state index in [1.165, 1.54) is 16.4 Å². The standard InChI is InChI=1S/C13H17N5O/c1-13(2,3)9-4-6-10(7-5-9)18-8-11(16-17-18)12(19)15-14/h4-8H,14H2,1-3H3,(H,15,19). The Hall–Kier alpha value is -2.21. The summed E-state index contributed by atoms with van der Waals surface area (Å²) < 4.78 is 1.54. The summed E-state index contributed by atoms with van der Waals surface area (Å²) in [6.07, 6.45) is 1.54. The molecule has 1 aromatic heterocycles. The lowest BCUT2D eigenvalue weighted by molar-refractivity contribution is 0.0948. The Morgan fingerprint density at radius 1 is 1.26 bits per heavy atom. The number of hydrogen-bond donors (Lipinski definition) is 2. The second-order valence-electron chi connectivity index (χ2n) is 5.32. The minimum atomic E-state index is -0.461. The van der Waals surface area contributed by atoms with Gasteiger partial charge in [-0.2, -0.15) is 0 Å². The number of benzene rings is 1. The number of rotatable bonds is 2. The zero-order valence-corrected chi connectivity index (χ0v) is 11.2. The summed E-state index contributed by atoms with van der Waals surface area (Å²) >= 11 is 0. The van der Waals surface area contributed by atoms with Gasteiger partial charge in [-0.25, -0.2) is 10.5 Å². The molecule has 6 nitrogen and oxygen atoms in total. The van der Waals surface area contributed by atoms with Gasteiger partial charge in [-0.15, -0.1) is 5.10 Å². The molecule has 0 atom stereocenters. The van der Waals surface area contributed by atoms with Gasteiger partial charge in [-0.05, 0) is 23.1 Å². The van der Waals surface area contributed by atoms with Crippen LogP contribution in [0.15, 0.2) is 30.5 Å². The molecule has 1 amide bonds. The molecular weight excluding hydrogens is 242 g/mol. The van der Waals surface area contributed by atoms with Crippen LogP contribution in [0.2, 0.25) is 0 Å². The molecule has 0 aliphatic carbocycles. The van der Waals surface area contributed by atoms with Gasteiger partial charge in [0.1, 0.15) is 0 Å². The van der Waals surface area contributed by atoms with Gasteiger partial charge in [0, 0.05) is 0 Å². The van der Waals surface area contributed by atoms with E-state index in [1.54, 1.807) is 0 Å². The number of nitrogens with zero attached hydrogens (tertiary/aromatic N) is 3. The Morgan fingerprint density at radius 2 is 1.89 bits per heavy atom. The molecule has 0 aliphatic rings. The van der Waals surface area contributed by atoms with Crippen LogP contribution in [0.3, 0.4) is 0 Å². The van der Waals surface area contributed by atoms with Gasteiger partial charge in [0.15, 0.2) is 5.69 Å². The Bertz CT molecular complexity index is 580. The molecule has 6 heteroatoms. The van der Waals surface area contributed by atoms with Crippen molar-refractivity contribution in [3.05, 3.63) is 41.7 Å². The molecule has 100 valence electrons. The average Bonchev–Trinajstić information content (AvgIpc) is 2.86. The first-order valence-corrected chi connectivity index (χ1v) is 5.96. The smallest absolute Gasteiger partial charge is 0.287 e. The van der Waals surface area contributed by atoms with Crippen molar-refractivity contribution < 1.29 is 4.79 Å². The van der Waals surface area contributed by atoms with Gasteiger partial charge < -0.3 is 0 Å². The summed E-state index contributed by atoms with van der Waals surface area (Å²) in [5.74, 6) is 4.58. The molecule has 2 rings (SSSR count). The second kappa shape index (κ2) is 4.81. The van der Waals surface area contributed by atoms with Crippen molar-refractivity contribution in [1.82, 2.24) is 20.4 Å². The maximum atomic E-state index is 11.3. The van der Waals surface area contributed by atoms with E-state index in [-0.39, 0.29) is 11.1 Å². The number of nitrogen functional groups attached to an aromatic ring is 1. The summed E-state index contributed by atoms with van der Waals surface area (Å²) in [6, 6.07) is 7.97. The van der Waals surface area contributed by atoms with Crippen LogP contribution in [0.25, 0.3) is 5.69 Å². The Morgan fingerprint density at radius 3 is 2.42 bits per heavy atom. The monoisotopic (exact) mass is 259 g/mol. The first kappa shape index (κ1) is 13.2. The van der Waals surface area contributed by atoms with E-state index in [9.17, 15) is 4.79 Å². The normalized spacial score (nSPS) is 11.4. The topological polar surface area (TPSA) is 85.8 Å². The lowest BCUT2D eigenvalue weighted by atomic mass is 9.87. The molecule has 0 saturated heterocycles. The number of carbonyl (C=O) groups excluding carboxylic acids is 1. The van der Waals surface area contributed by atoms with Crippen LogP contribution in [0.1, 0.15) is 36.8 Å². The number of hydrazine groups is 1. The molecule has 0 radical (unpaired) electrons. The van der Waals surface area contributed by atoms with E-state index in [2.05, 4.69) is 31.1 Å². The van der Waals surface area contributed by atoms with E-state index in [1.807, 2.05) is 29.7 Å². The second-order valence-corrected chi connectivity index (χ2v) is 5.32. The summed E-state index contributed by atoms with van der Waals surface area (Å²) in [7, 11) is 0. The Labute approximate surface area is 111 Å². The number of carbonyl (C=O) groups is 1. The molecule has 0 unspecified atom stereocenters. The molecule has 1 aromatic carbocycles. The lowest BCUT2D eigenvalue weighted by Gasteiger charge is -2.18. The van der Waals surface area contributed by atoms with Gasteiger partial charge in [0.25, 0.3) is 5.91 Å². The highest BCUT2D eigenvalue weighted by Crippen LogP contribution is 2.22. The van der Waals surface area contributed by atoms with Crippen molar-refractivity contribution in [3.8, 4) is 5.69 Å². The minimum absolute atomic E-state index is 0.103. The largest absolute Gasteiger partial charge is 0.289 e. The third-order valence-corrected chi connectivity index (χ3v) is 2.85. The van der Waals surface area contributed by atoms with E-state index < -0.39 is 5.91 Å². The summed E-state index contributed by atoms with van der Waals surface area (Å²) in [4.78, 5) is 11.3. The highest BCUT2D eigenvalue weighted by molar-refractivity contribution is 5.91. The molecule has 2 aromatic rings. The fraction of sp³-hybridized carbons (Fsp3) is 0.308. The van der Waals surface area contributed by atoms with Crippen LogP contribution in [-0.4, -0.2) is 20.9 Å². The summed E-state index contributed by atoms with van der Waals surface area (Å²) in [5, 5.41) is 7.65. The first-order chi connectivity index (χ1) is 8.91. The van der Waals surface area contributed by atoms with Gasteiger partial charge in [-0.1, -0.05) is 38.1 Å². The zero-order valence-electron chi connectivity index (χ0n) is 11.2. The molecule has 0 saturated carbocycles. The molecular formula is C13H17N5O. The van der Waals surface area contributed by atoms with Crippen LogP contribution in [-0.2, 0) is 5.41 Å². The van der Waals surface area contributed by atoms with E-state index in [0.717, 1.165) is 5.69 Å². The Balaban J connectivity index is 2.28. The van der Waals surface area contributed by atoms with E-state index in [0.29, 0.717) is 0 Å². The van der Waals surface area contributed by atoms with E-state index >= 15 is 0 Å². The van der Waals surface area contributed by atoms with Crippen LogP contribution in [0.5, 0.6) is 0 Å². The maximum Gasteiger partial charge on any atom is 0.287 e. The van der Waals surface area contributed by atoms with Gasteiger partial charge in [-0.3, -0.25) is 10.2 Å². The molecule has 0 fully saturated rings. The van der Waals surface area contributed by atoms with Crippen molar-refractivity contribution in [1.29, 1.82) is 0 Å². The molecule has 0 spiro atoms. The molecule has 3 N–H and O–H groups in total. The van der Waals surface area contributed by atoms with Crippen molar-refractivity contribution >= 4 is 5.91 Å². The molecule has 0 aliphatic heterocycles. The van der Waals surface area contributed by atoms with Gasteiger partial charge in [0.2, 0.25) is 0 Å². The van der Waals surface area contributed by atoms with Crippen molar-refractivity contribution in [3.63, 3.8) is 0 Å². The fourth-order valence-electron chi connectivity index (χ4n) is 1.68. The third-order valence-electron chi connectivity index (χ3n) is 2.85. The summed E-state index contributed by atoms with van der Waals surface area (Å²) in [5.41, 5.74) is 4.38. The highest BCUT2D eigenvalue weighted by Gasteiger charge is 2.14. The molecule has 0 bridgehead atoms. The number of amides is 1. The SMILES string of the molecule is CC(C)(C)c1ccc(-n2cc(C(=O)NN)nn2)cc1. The first-order valence-electron chi connectivity index (χ1n) is 5.96. The van der Waals surface area contributed by atoms with Crippen molar-refractivity contribution in [2.45, 2.75) is 26.2 Å². The van der Waals surface area contributed by atoms with Gasteiger partial charge >= 0.3 is 0 Å². The predicted octanol–water partition coefficient (Wildman–Crippen LogP) is 1.17. The number of nitrogens with one attached hydrogen (secondary N) is 1. The zero-order chi connectivity index (χ0) is 14.0. The van der Waals surface area contributed by atoms with Crippen LogP contribution in [0, 0.1) is 0 Å². The summed E-state index contributed by atoms with van der Waals surface area (Å²) in [6.45, 7) is 6.46. The third kappa shape index (κ3) is 2.79. The fourth-order valence-corrected chi connectivity index (χ4v) is 1.68. The minimum Gasteiger partial charge on any atom is -0.289 e. The van der Waals surface area contributed by atoms with Crippen LogP contribution in [0.4, 0.5) is 0 Å². The van der Waals surface area contributed by atoms with Gasteiger partial charge in [0.05, 0.1) is 11.9 Å². The van der Waals surface area contributed by atoms with E-state index in [4.69, 9.17) is 5.84 Å². The lowest BCUT2D eigenvalue weighted by Crippen LogP contribution is -2.30. The van der Waals surface area contributed by atoms with Crippen molar-refractivity contribution in [2.75, 3.05) is 0 Å². The maximum absolute atomic E-state index is 11.3. The number of aromatic nitrogens is 3. The average molecular weight is 259 g/mol. The Kier molecular flexibility index (Phi) is 3.35. The quantitative estimate of drug-likeness (QED) is 0.481. The molecule has 1 heterocycles. The molecule has 19 heavy (non-hydrogen) atoms. The highest BCUT2D eigenvalue weighted by atomic mass is 16.2. The number of hydrogen-bond acceptors (Lipinski definition) is 4. The van der Waals surface area contributed by atoms with Crippen LogP contribution >= 0.6 is 0 Å². The van der Waals surface area contributed by atoms with Crippen LogP contribution < -0.4 is 11.3 Å².